The number of methoxy groups -OCH3 is 1. The number of aliphatic hydroxyl groups is 1. The van der Waals surface area contributed by atoms with Gasteiger partial charge in [0.2, 0.25) is 0 Å². The minimum absolute atomic E-state index is 0.146. The van der Waals surface area contributed by atoms with Crippen LogP contribution < -0.4 is 4.74 Å². The Labute approximate surface area is 120 Å². The van der Waals surface area contributed by atoms with Crippen molar-refractivity contribution < 1.29 is 27.8 Å². The Morgan fingerprint density at radius 3 is 2.38 bits per heavy atom. The summed E-state index contributed by atoms with van der Waals surface area (Å²) >= 11 is 0. The van der Waals surface area contributed by atoms with E-state index in [1.165, 1.54) is 12.0 Å². The van der Waals surface area contributed by atoms with E-state index in [-0.39, 0.29) is 13.1 Å². The van der Waals surface area contributed by atoms with Crippen molar-refractivity contribution in [2.45, 2.75) is 24.6 Å². The molecule has 7 heteroatoms. The smallest absolute Gasteiger partial charge is 0.417 e. The van der Waals surface area contributed by atoms with Gasteiger partial charge in [-0.1, -0.05) is 12.1 Å². The topological polar surface area (TPSA) is 49.8 Å². The van der Waals surface area contributed by atoms with Gasteiger partial charge in [0.15, 0.2) is 5.60 Å². The fourth-order valence-electron chi connectivity index (χ4n) is 2.35. The number of nitrogens with zero attached hydrogens (tertiary/aromatic N) is 1. The highest BCUT2D eigenvalue weighted by Crippen LogP contribution is 2.38. The summed E-state index contributed by atoms with van der Waals surface area (Å²) < 4.78 is 43.2. The maximum Gasteiger partial charge on any atom is 0.417 e. The van der Waals surface area contributed by atoms with E-state index >= 15 is 0 Å². The lowest BCUT2D eigenvalue weighted by Gasteiger charge is -2.39. The predicted octanol–water partition coefficient (Wildman–Crippen LogP) is 2.22. The van der Waals surface area contributed by atoms with Gasteiger partial charge in [0.05, 0.1) is 12.7 Å². The summed E-state index contributed by atoms with van der Waals surface area (Å²) in [5, 5.41) is 9.59. The SMILES string of the molecule is COc1ccccc1C(=O)N1CCC(O)(C(F)(F)F)CC1. The van der Waals surface area contributed by atoms with Gasteiger partial charge >= 0.3 is 6.18 Å². The van der Waals surface area contributed by atoms with E-state index in [9.17, 15) is 23.1 Å². The molecule has 0 unspecified atom stereocenters. The first-order chi connectivity index (χ1) is 9.78. The van der Waals surface area contributed by atoms with Gasteiger partial charge in [-0.15, -0.1) is 0 Å². The third-order valence-electron chi connectivity index (χ3n) is 3.74. The predicted molar refractivity (Wildman–Crippen MR) is 69.1 cm³/mol. The molecule has 2 rings (SSSR count). The molecule has 0 bridgehead atoms. The number of likely N-dealkylation sites (tertiary alicyclic amines) is 1. The van der Waals surface area contributed by atoms with Crippen molar-refractivity contribution in [3.05, 3.63) is 29.8 Å². The lowest BCUT2D eigenvalue weighted by Crippen LogP contribution is -2.54. The summed E-state index contributed by atoms with van der Waals surface area (Å²) in [4.78, 5) is 13.6. The first-order valence-corrected chi connectivity index (χ1v) is 6.50. The molecule has 1 saturated heterocycles. The molecule has 1 aromatic carbocycles. The molecule has 1 amide bonds. The number of halogens is 3. The number of ether oxygens (including phenoxy) is 1. The third-order valence-corrected chi connectivity index (χ3v) is 3.74. The van der Waals surface area contributed by atoms with E-state index in [2.05, 4.69) is 0 Å². The number of rotatable bonds is 2. The number of para-hydroxylation sites is 1. The van der Waals surface area contributed by atoms with Crippen LogP contribution in [0.4, 0.5) is 13.2 Å². The molecule has 116 valence electrons. The van der Waals surface area contributed by atoms with Crippen LogP contribution in [-0.4, -0.2) is 47.9 Å². The van der Waals surface area contributed by atoms with Crippen LogP contribution >= 0.6 is 0 Å². The second-order valence-electron chi connectivity index (χ2n) is 5.02. The number of carbonyl (C=O) groups excluding carboxylic acids is 1. The van der Waals surface area contributed by atoms with Crippen LogP contribution in [0.25, 0.3) is 0 Å². The fraction of sp³-hybridized carbons (Fsp3) is 0.500. The van der Waals surface area contributed by atoms with Crippen LogP contribution in [-0.2, 0) is 0 Å². The Bertz CT molecular complexity index is 522. The summed E-state index contributed by atoms with van der Waals surface area (Å²) in [6.45, 7) is -0.292. The number of hydrogen-bond acceptors (Lipinski definition) is 3. The van der Waals surface area contributed by atoms with Gasteiger partial charge in [-0.05, 0) is 12.1 Å². The van der Waals surface area contributed by atoms with E-state index in [0.29, 0.717) is 11.3 Å². The quantitative estimate of drug-likeness (QED) is 0.911. The van der Waals surface area contributed by atoms with E-state index in [0.717, 1.165) is 0 Å². The molecule has 1 aliphatic heterocycles. The number of alkyl halides is 3. The highest BCUT2D eigenvalue weighted by Gasteiger charge is 2.54. The summed E-state index contributed by atoms with van der Waals surface area (Å²) in [5.41, 5.74) is -2.40. The molecule has 1 heterocycles. The lowest BCUT2D eigenvalue weighted by molar-refractivity contribution is -0.271. The zero-order valence-electron chi connectivity index (χ0n) is 11.5. The van der Waals surface area contributed by atoms with Crippen LogP contribution in [0.1, 0.15) is 23.2 Å². The fourth-order valence-corrected chi connectivity index (χ4v) is 2.35. The molecule has 1 fully saturated rings. The minimum Gasteiger partial charge on any atom is -0.496 e. The average Bonchev–Trinajstić information content (AvgIpc) is 2.46. The van der Waals surface area contributed by atoms with Crippen molar-refractivity contribution in [2.24, 2.45) is 0 Å². The molecule has 0 radical (unpaired) electrons. The number of hydrogen-bond donors (Lipinski definition) is 1. The second-order valence-corrected chi connectivity index (χ2v) is 5.02. The van der Waals surface area contributed by atoms with Crippen molar-refractivity contribution >= 4 is 5.91 Å². The molecule has 21 heavy (non-hydrogen) atoms. The zero-order chi connectivity index (χ0) is 15.7. The maximum atomic E-state index is 12.7. The first kappa shape index (κ1) is 15.6. The van der Waals surface area contributed by atoms with Gasteiger partial charge in [0.25, 0.3) is 5.91 Å². The van der Waals surface area contributed by atoms with E-state index < -0.39 is 30.5 Å². The Kier molecular flexibility index (Phi) is 4.13. The molecule has 4 nitrogen and oxygen atoms in total. The van der Waals surface area contributed by atoms with Gasteiger partial charge in [-0.3, -0.25) is 4.79 Å². The highest BCUT2D eigenvalue weighted by atomic mass is 19.4. The lowest BCUT2D eigenvalue weighted by atomic mass is 9.90. The third kappa shape index (κ3) is 2.97. The Balaban J connectivity index is 2.11. The molecule has 0 aliphatic carbocycles. The number of amides is 1. The van der Waals surface area contributed by atoms with Crippen LogP contribution in [0, 0.1) is 0 Å². The number of benzene rings is 1. The largest absolute Gasteiger partial charge is 0.496 e. The van der Waals surface area contributed by atoms with Crippen LogP contribution in [0.15, 0.2) is 24.3 Å². The van der Waals surface area contributed by atoms with Gasteiger partial charge in [-0.2, -0.15) is 13.2 Å². The summed E-state index contributed by atoms with van der Waals surface area (Å²) in [6.07, 6.45) is -5.71. The molecule has 0 saturated carbocycles. The summed E-state index contributed by atoms with van der Waals surface area (Å²) in [7, 11) is 1.42. The van der Waals surface area contributed by atoms with Crippen molar-refractivity contribution in [2.75, 3.05) is 20.2 Å². The average molecular weight is 303 g/mol. The van der Waals surface area contributed by atoms with Crippen molar-refractivity contribution in [3.8, 4) is 5.75 Å². The highest BCUT2D eigenvalue weighted by molar-refractivity contribution is 5.97. The number of carbonyl (C=O) groups is 1. The minimum atomic E-state index is -4.67. The summed E-state index contributed by atoms with van der Waals surface area (Å²) in [5.74, 6) is -0.0177. The second kappa shape index (κ2) is 5.55. The monoisotopic (exact) mass is 303 g/mol. The van der Waals surface area contributed by atoms with E-state index in [1.54, 1.807) is 24.3 Å². The van der Waals surface area contributed by atoms with Gasteiger partial charge < -0.3 is 14.7 Å². The van der Waals surface area contributed by atoms with Crippen LogP contribution in [0.5, 0.6) is 5.75 Å². The van der Waals surface area contributed by atoms with Crippen molar-refractivity contribution in [1.29, 1.82) is 0 Å². The molecule has 0 atom stereocenters. The van der Waals surface area contributed by atoms with Crippen molar-refractivity contribution in [1.82, 2.24) is 4.90 Å². The molecule has 1 N–H and O–H groups in total. The Morgan fingerprint density at radius 1 is 1.29 bits per heavy atom. The molecular weight excluding hydrogens is 287 g/mol. The van der Waals surface area contributed by atoms with E-state index in [4.69, 9.17) is 4.74 Å². The molecule has 1 aromatic rings. The Morgan fingerprint density at radius 2 is 1.86 bits per heavy atom. The molecular formula is C14H16F3NO3. The van der Waals surface area contributed by atoms with Crippen LogP contribution in [0.2, 0.25) is 0 Å². The maximum absolute atomic E-state index is 12.7. The zero-order valence-corrected chi connectivity index (χ0v) is 11.5. The van der Waals surface area contributed by atoms with Gasteiger partial charge in [-0.25, -0.2) is 0 Å². The first-order valence-electron chi connectivity index (χ1n) is 6.50. The van der Waals surface area contributed by atoms with Gasteiger partial charge in [0.1, 0.15) is 5.75 Å². The molecule has 0 spiro atoms. The van der Waals surface area contributed by atoms with Crippen molar-refractivity contribution in [3.63, 3.8) is 0 Å². The van der Waals surface area contributed by atoms with Gasteiger partial charge in [0, 0.05) is 25.9 Å². The van der Waals surface area contributed by atoms with Crippen LogP contribution in [0.3, 0.4) is 0 Å². The normalized spacial score (nSPS) is 18.4. The standard InChI is InChI=1S/C14H16F3NO3/c1-21-11-5-3-2-4-10(11)12(19)18-8-6-13(20,7-9-18)14(15,16)17/h2-5,20H,6-9H2,1H3. The molecule has 1 aliphatic rings. The number of piperidine rings is 1. The van der Waals surface area contributed by atoms with E-state index in [1.807, 2.05) is 0 Å². The molecule has 0 aromatic heterocycles. The summed E-state index contributed by atoms with van der Waals surface area (Å²) in [6, 6.07) is 6.54. The Hall–Kier alpha value is -1.76.